The molecule has 1 aliphatic rings. The first-order chi connectivity index (χ1) is 7.29. The zero-order chi connectivity index (χ0) is 10.7. The number of hydrogen-bond donors (Lipinski definition) is 1. The van der Waals surface area contributed by atoms with Crippen molar-refractivity contribution in [1.29, 1.82) is 0 Å². The molecule has 0 aromatic heterocycles. The van der Waals surface area contributed by atoms with Crippen LogP contribution >= 0.6 is 0 Å². The minimum absolute atomic E-state index is 0.0321. The highest BCUT2D eigenvalue weighted by Gasteiger charge is 2.06. The lowest BCUT2D eigenvalue weighted by atomic mass is 10.2. The van der Waals surface area contributed by atoms with Crippen molar-refractivity contribution in [2.75, 3.05) is 11.4 Å². The van der Waals surface area contributed by atoms with Crippen LogP contribution in [0.3, 0.4) is 0 Å². The molecule has 1 aliphatic heterocycles. The van der Waals surface area contributed by atoms with E-state index in [4.69, 9.17) is 5.11 Å². The van der Waals surface area contributed by atoms with Gasteiger partial charge in [-0.3, -0.25) is 0 Å². The first-order valence-electron chi connectivity index (χ1n) is 4.80. The summed E-state index contributed by atoms with van der Waals surface area (Å²) in [5.74, 6) is -0.243. The summed E-state index contributed by atoms with van der Waals surface area (Å²) in [5, 5.41) is 8.88. The van der Waals surface area contributed by atoms with Crippen LogP contribution in [0.25, 0.3) is 0 Å². The molecule has 78 valence electrons. The number of allylic oxidation sites excluding steroid dienone is 2. The minimum atomic E-state index is -0.243. The van der Waals surface area contributed by atoms with E-state index in [0.29, 0.717) is 6.54 Å². The number of halogens is 1. The number of rotatable bonds is 2. The van der Waals surface area contributed by atoms with Crippen LogP contribution in [0.5, 0.6) is 0 Å². The number of anilines is 1. The Bertz CT molecular complexity index is 395. The maximum absolute atomic E-state index is 13.0. The lowest BCUT2D eigenvalue weighted by Gasteiger charge is -2.21. The molecule has 1 heterocycles. The van der Waals surface area contributed by atoms with Crippen molar-refractivity contribution >= 4 is 5.69 Å². The summed E-state index contributed by atoms with van der Waals surface area (Å²) < 4.78 is 13.0. The van der Waals surface area contributed by atoms with Crippen LogP contribution in [0.1, 0.15) is 5.56 Å². The molecule has 1 aromatic rings. The van der Waals surface area contributed by atoms with Gasteiger partial charge in [0.05, 0.1) is 6.61 Å². The molecule has 0 unspecified atom stereocenters. The molecule has 1 N–H and O–H groups in total. The molecule has 0 fully saturated rings. The number of nitrogens with zero attached hydrogens (tertiary/aromatic N) is 1. The first kappa shape index (κ1) is 9.93. The van der Waals surface area contributed by atoms with E-state index in [2.05, 4.69) is 0 Å². The van der Waals surface area contributed by atoms with Gasteiger partial charge in [-0.05, 0) is 23.8 Å². The van der Waals surface area contributed by atoms with Crippen LogP contribution in [0.2, 0.25) is 0 Å². The molecule has 1 aromatic carbocycles. The SMILES string of the molecule is OCc1ccc(N2C=C(F)C=CC2)cc1. The van der Waals surface area contributed by atoms with Gasteiger partial charge in [0.15, 0.2) is 0 Å². The van der Waals surface area contributed by atoms with Gasteiger partial charge in [-0.25, -0.2) is 4.39 Å². The zero-order valence-corrected chi connectivity index (χ0v) is 8.23. The molecule has 0 radical (unpaired) electrons. The highest BCUT2D eigenvalue weighted by molar-refractivity contribution is 5.52. The van der Waals surface area contributed by atoms with E-state index in [1.165, 1.54) is 12.3 Å². The normalized spacial score (nSPS) is 15.3. The summed E-state index contributed by atoms with van der Waals surface area (Å²) in [4.78, 5) is 1.82. The number of aliphatic hydroxyl groups is 1. The van der Waals surface area contributed by atoms with Crippen LogP contribution in [-0.2, 0) is 6.61 Å². The molecule has 15 heavy (non-hydrogen) atoms. The van der Waals surface area contributed by atoms with E-state index < -0.39 is 0 Å². The van der Waals surface area contributed by atoms with E-state index in [0.717, 1.165) is 11.3 Å². The largest absolute Gasteiger partial charge is 0.392 e. The molecular formula is C12H12FNO. The summed E-state index contributed by atoms with van der Waals surface area (Å²) in [5.41, 5.74) is 1.78. The van der Waals surface area contributed by atoms with Gasteiger partial charge in [0, 0.05) is 18.4 Å². The van der Waals surface area contributed by atoms with Crippen LogP contribution in [0, 0.1) is 0 Å². The monoisotopic (exact) mass is 205 g/mol. The second-order valence-corrected chi connectivity index (χ2v) is 3.39. The smallest absolute Gasteiger partial charge is 0.139 e. The molecule has 0 bridgehead atoms. The van der Waals surface area contributed by atoms with Crippen LogP contribution in [-0.4, -0.2) is 11.7 Å². The van der Waals surface area contributed by atoms with Crippen molar-refractivity contribution in [2.24, 2.45) is 0 Å². The van der Waals surface area contributed by atoms with Crippen LogP contribution < -0.4 is 4.90 Å². The molecule has 0 amide bonds. The van der Waals surface area contributed by atoms with Gasteiger partial charge in [0.25, 0.3) is 0 Å². The third-order valence-corrected chi connectivity index (χ3v) is 2.31. The molecule has 0 spiro atoms. The summed E-state index contributed by atoms with van der Waals surface area (Å²) in [6.45, 7) is 0.705. The van der Waals surface area contributed by atoms with Crippen molar-refractivity contribution in [3.05, 3.63) is 54.0 Å². The lowest BCUT2D eigenvalue weighted by Crippen LogP contribution is -2.18. The average Bonchev–Trinajstić information content (AvgIpc) is 2.29. The quantitative estimate of drug-likeness (QED) is 0.801. The van der Waals surface area contributed by atoms with Gasteiger partial charge in [0.2, 0.25) is 0 Å². The Balaban J connectivity index is 2.19. The lowest BCUT2D eigenvalue weighted by molar-refractivity contribution is 0.282. The highest BCUT2D eigenvalue weighted by Crippen LogP contribution is 2.19. The van der Waals surface area contributed by atoms with Gasteiger partial charge < -0.3 is 10.0 Å². The summed E-state index contributed by atoms with van der Waals surface area (Å²) in [7, 11) is 0. The van der Waals surface area contributed by atoms with E-state index in [1.54, 1.807) is 6.08 Å². The van der Waals surface area contributed by atoms with E-state index in [9.17, 15) is 4.39 Å². The Morgan fingerprint density at radius 3 is 2.60 bits per heavy atom. The molecule has 2 nitrogen and oxygen atoms in total. The van der Waals surface area contributed by atoms with E-state index >= 15 is 0 Å². The van der Waals surface area contributed by atoms with Gasteiger partial charge in [0.1, 0.15) is 5.83 Å². The predicted octanol–water partition coefficient (Wildman–Crippen LogP) is 2.37. The van der Waals surface area contributed by atoms with Crippen molar-refractivity contribution < 1.29 is 9.50 Å². The Labute approximate surface area is 88.0 Å². The molecule has 0 aliphatic carbocycles. The minimum Gasteiger partial charge on any atom is -0.392 e. The van der Waals surface area contributed by atoms with E-state index in [1.807, 2.05) is 29.2 Å². The Kier molecular flexibility index (Phi) is 2.83. The number of benzene rings is 1. The second-order valence-electron chi connectivity index (χ2n) is 3.39. The third kappa shape index (κ3) is 2.25. The van der Waals surface area contributed by atoms with Crippen molar-refractivity contribution in [3.63, 3.8) is 0 Å². The zero-order valence-electron chi connectivity index (χ0n) is 8.23. The maximum Gasteiger partial charge on any atom is 0.139 e. The predicted molar refractivity (Wildman–Crippen MR) is 58.0 cm³/mol. The second kappa shape index (κ2) is 4.28. The van der Waals surface area contributed by atoms with Crippen molar-refractivity contribution in [2.45, 2.75) is 6.61 Å². The van der Waals surface area contributed by atoms with Crippen molar-refractivity contribution in [3.8, 4) is 0 Å². The summed E-state index contributed by atoms with van der Waals surface area (Å²) in [6, 6.07) is 7.40. The number of hydrogen-bond acceptors (Lipinski definition) is 2. The first-order valence-corrected chi connectivity index (χ1v) is 4.80. The fraction of sp³-hybridized carbons (Fsp3) is 0.167. The topological polar surface area (TPSA) is 23.5 Å². The van der Waals surface area contributed by atoms with Gasteiger partial charge >= 0.3 is 0 Å². The standard InChI is InChI=1S/C12H12FNO/c13-11-2-1-7-14(8-11)12-5-3-10(9-15)4-6-12/h1-6,8,15H,7,9H2. The summed E-state index contributed by atoms with van der Waals surface area (Å²) >= 11 is 0. The van der Waals surface area contributed by atoms with E-state index in [-0.39, 0.29) is 12.4 Å². The molecule has 0 saturated heterocycles. The average molecular weight is 205 g/mol. The molecule has 0 saturated carbocycles. The third-order valence-electron chi connectivity index (χ3n) is 2.31. The number of aliphatic hydroxyl groups excluding tert-OH is 1. The van der Waals surface area contributed by atoms with Gasteiger partial charge in [-0.1, -0.05) is 18.2 Å². The molecule has 3 heteroatoms. The van der Waals surface area contributed by atoms with Crippen molar-refractivity contribution in [1.82, 2.24) is 0 Å². The highest BCUT2D eigenvalue weighted by atomic mass is 19.1. The molecule has 0 atom stereocenters. The van der Waals surface area contributed by atoms with Gasteiger partial charge in [-0.2, -0.15) is 0 Å². The van der Waals surface area contributed by atoms with Crippen LogP contribution in [0.15, 0.2) is 48.4 Å². The summed E-state index contributed by atoms with van der Waals surface area (Å²) in [6.07, 6.45) is 4.70. The maximum atomic E-state index is 13.0. The fourth-order valence-electron chi connectivity index (χ4n) is 1.50. The Morgan fingerprint density at radius 1 is 1.27 bits per heavy atom. The van der Waals surface area contributed by atoms with Crippen LogP contribution in [0.4, 0.5) is 10.1 Å². The molecule has 2 rings (SSSR count). The van der Waals surface area contributed by atoms with Gasteiger partial charge in [-0.15, -0.1) is 0 Å². The Hall–Kier alpha value is -1.61. The fourth-order valence-corrected chi connectivity index (χ4v) is 1.50. The Morgan fingerprint density at radius 2 is 2.00 bits per heavy atom. The molecular weight excluding hydrogens is 193 g/mol.